The van der Waals surface area contributed by atoms with Crippen molar-refractivity contribution >= 4 is 28.8 Å². The Kier molecular flexibility index (Phi) is 6.00. The molecule has 0 radical (unpaired) electrons. The molecule has 1 aliphatic rings. The molecule has 0 saturated carbocycles. The van der Waals surface area contributed by atoms with Gasteiger partial charge in [0.05, 0.1) is 12.3 Å². The summed E-state index contributed by atoms with van der Waals surface area (Å²) in [5.74, 6) is -0.118. The number of carbonyl (C=O) groups excluding carboxylic acids is 2. The molecule has 29 heavy (non-hydrogen) atoms. The van der Waals surface area contributed by atoms with Gasteiger partial charge in [0, 0.05) is 35.9 Å². The monoisotopic (exact) mass is 405 g/mol. The number of amides is 2. The number of piperidine rings is 1. The number of anilines is 1. The first-order chi connectivity index (χ1) is 14.2. The highest BCUT2D eigenvalue weighted by molar-refractivity contribution is 7.13. The number of hydrogen-bond donors (Lipinski definition) is 1. The third-order valence-corrected chi connectivity index (χ3v) is 6.00. The molecule has 6 heteroatoms. The molecule has 1 aromatic heterocycles. The van der Waals surface area contributed by atoms with Gasteiger partial charge in [-0.1, -0.05) is 30.3 Å². The number of hydrogen-bond acceptors (Lipinski definition) is 4. The molecule has 1 saturated heterocycles. The van der Waals surface area contributed by atoms with Gasteiger partial charge in [-0.25, -0.2) is 4.98 Å². The second-order valence-corrected chi connectivity index (χ2v) is 8.14. The largest absolute Gasteiger partial charge is 0.342 e. The summed E-state index contributed by atoms with van der Waals surface area (Å²) in [6, 6.07) is 17.5. The van der Waals surface area contributed by atoms with Crippen LogP contribution in [0.2, 0.25) is 0 Å². The summed E-state index contributed by atoms with van der Waals surface area (Å²) in [5.41, 5.74) is 2.81. The van der Waals surface area contributed by atoms with Crippen LogP contribution in [0.4, 0.5) is 5.69 Å². The van der Waals surface area contributed by atoms with E-state index in [2.05, 4.69) is 10.3 Å². The van der Waals surface area contributed by atoms with Crippen LogP contribution in [-0.2, 0) is 16.0 Å². The maximum Gasteiger partial charge on any atom is 0.229 e. The minimum Gasteiger partial charge on any atom is -0.342 e. The molecule has 0 bridgehead atoms. The number of aromatic nitrogens is 1. The van der Waals surface area contributed by atoms with Crippen LogP contribution >= 0.6 is 11.3 Å². The Morgan fingerprint density at radius 3 is 2.62 bits per heavy atom. The van der Waals surface area contributed by atoms with Crippen LogP contribution in [0.25, 0.3) is 10.6 Å². The van der Waals surface area contributed by atoms with Gasteiger partial charge >= 0.3 is 0 Å². The van der Waals surface area contributed by atoms with Gasteiger partial charge in [0.15, 0.2) is 0 Å². The Morgan fingerprint density at radius 1 is 1.10 bits per heavy atom. The van der Waals surface area contributed by atoms with Crippen molar-refractivity contribution in [2.24, 2.45) is 5.92 Å². The van der Waals surface area contributed by atoms with Crippen LogP contribution in [0, 0.1) is 5.92 Å². The van der Waals surface area contributed by atoms with Crippen molar-refractivity contribution in [1.82, 2.24) is 9.88 Å². The third-order valence-electron chi connectivity index (χ3n) is 5.17. The lowest BCUT2D eigenvalue weighted by atomic mass is 9.96. The highest BCUT2D eigenvalue weighted by Crippen LogP contribution is 2.24. The predicted molar refractivity (Wildman–Crippen MR) is 116 cm³/mol. The van der Waals surface area contributed by atoms with E-state index in [-0.39, 0.29) is 17.7 Å². The van der Waals surface area contributed by atoms with Gasteiger partial charge in [-0.05, 0) is 42.7 Å². The highest BCUT2D eigenvalue weighted by Gasteiger charge is 2.28. The van der Waals surface area contributed by atoms with Crippen LogP contribution < -0.4 is 5.32 Å². The molecule has 0 aliphatic carbocycles. The summed E-state index contributed by atoms with van der Waals surface area (Å²) in [6.45, 7) is 1.20. The van der Waals surface area contributed by atoms with Crippen molar-refractivity contribution in [2.75, 3.05) is 18.4 Å². The number of thiazole rings is 1. The molecule has 2 aromatic carbocycles. The van der Waals surface area contributed by atoms with Gasteiger partial charge in [-0.15, -0.1) is 11.3 Å². The van der Waals surface area contributed by atoms with Crippen molar-refractivity contribution in [1.29, 1.82) is 0 Å². The van der Waals surface area contributed by atoms with E-state index in [1.165, 1.54) is 0 Å². The van der Waals surface area contributed by atoms with Crippen LogP contribution in [0.5, 0.6) is 0 Å². The molecule has 0 spiro atoms. The van der Waals surface area contributed by atoms with Crippen LogP contribution in [0.1, 0.15) is 18.4 Å². The van der Waals surface area contributed by atoms with E-state index in [0.717, 1.165) is 41.2 Å². The Labute approximate surface area is 174 Å². The Bertz CT molecular complexity index is 956. The molecule has 1 unspecified atom stereocenters. The zero-order chi connectivity index (χ0) is 20.1. The lowest BCUT2D eigenvalue weighted by molar-refractivity contribution is -0.133. The molecule has 1 aliphatic heterocycles. The summed E-state index contributed by atoms with van der Waals surface area (Å²) in [5, 5.41) is 5.90. The molecule has 3 aromatic rings. The molecule has 2 heterocycles. The average Bonchev–Trinajstić information content (AvgIpc) is 3.30. The van der Waals surface area contributed by atoms with Crippen molar-refractivity contribution in [2.45, 2.75) is 19.3 Å². The SMILES string of the molecule is O=C(Nc1ccc(-c2nccs2)cc1)C1CCCN(C(=O)Cc2ccccc2)C1. The fourth-order valence-electron chi connectivity index (χ4n) is 3.61. The quantitative estimate of drug-likeness (QED) is 0.691. The van der Waals surface area contributed by atoms with Gasteiger partial charge in [0.1, 0.15) is 5.01 Å². The maximum atomic E-state index is 12.7. The minimum absolute atomic E-state index is 0.0239. The number of likely N-dealkylation sites (tertiary alicyclic amines) is 1. The van der Waals surface area contributed by atoms with E-state index in [1.807, 2.05) is 64.9 Å². The first-order valence-corrected chi connectivity index (χ1v) is 10.7. The number of nitrogens with one attached hydrogen (secondary N) is 1. The molecule has 148 valence electrons. The smallest absolute Gasteiger partial charge is 0.229 e. The van der Waals surface area contributed by atoms with Crippen molar-refractivity contribution in [3.8, 4) is 10.6 Å². The van der Waals surface area contributed by atoms with Crippen LogP contribution in [0.3, 0.4) is 0 Å². The maximum absolute atomic E-state index is 12.7. The Balaban J connectivity index is 1.34. The van der Waals surface area contributed by atoms with E-state index in [1.54, 1.807) is 17.5 Å². The standard InChI is InChI=1S/C23H23N3O2S/c27-21(15-17-5-2-1-3-6-17)26-13-4-7-19(16-26)22(28)25-20-10-8-18(9-11-20)23-24-12-14-29-23/h1-3,5-6,8-12,14,19H,4,7,13,15-16H2,(H,25,28). The molecule has 4 rings (SSSR count). The van der Waals surface area contributed by atoms with Crippen molar-refractivity contribution in [3.05, 3.63) is 71.7 Å². The molecule has 5 nitrogen and oxygen atoms in total. The van der Waals surface area contributed by atoms with E-state index < -0.39 is 0 Å². The summed E-state index contributed by atoms with van der Waals surface area (Å²) in [4.78, 5) is 31.5. The second kappa shape index (κ2) is 9.01. The van der Waals surface area contributed by atoms with Crippen LogP contribution in [0.15, 0.2) is 66.2 Å². The van der Waals surface area contributed by atoms with Gasteiger partial charge in [0.2, 0.25) is 11.8 Å². The predicted octanol–water partition coefficient (Wildman–Crippen LogP) is 4.23. The van der Waals surface area contributed by atoms with Crippen molar-refractivity contribution in [3.63, 3.8) is 0 Å². The fourth-order valence-corrected chi connectivity index (χ4v) is 4.25. The second-order valence-electron chi connectivity index (χ2n) is 7.25. The summed E-state index contributed by atoms with van der Waals surface area (Å²) in [6.07, 6.45) is 3.82. The van der Waals surface area contributed by atoms with Crippen molar-refractivity contribution < 1.29 is 9.59 Å². The molecule has 1 atom stereocenters. The first-order valence-electron chi connectivity index (χ1n) is 9.81. The molecule has 1 N–H and O–H groups in total. The summed E-state index contributed by atoms with van der Waals surface area (Å²) in [7, 11) is 0. The zero-order valence-corrected chi connectivity index (χ0v) is 16.9. The topological polar surface area (TPSA) is 62.3 Å². The number of nitrogens with zero attached hydrogens (tertiary/aromatic N) is 2. The first kappa shape index (κ1) is 19.3. The third kappa shape index (κ3) is 4.90. The Hall–Kier alpha value is -2.99. The lowest BCUT2D eigenvalue weighted by Crippen LogP contribution is -2.44. The summed E-state index contributed by atoms with van der Waals surface area (Å²) >= 11 is 1.59. The number of carbonyl (C=O) groups is 2. The fraction of sp³-hybridized carbons (Fsp3) is 0.261. The van der Waals surface area contributed by atoms with E-state index in [0.29, 0.717) is 13.0 Å². The lowest BCUT2D eigenvalue weighted by Gasteiger charge is -2.32. The highest BCUT2D eigenvalue weighted by atomic mass is 32.1. The number of rotatable bonds is 5. The molecular weight excluding hydrogens is 382 g/mol. The minimum atomic E-state index is -0.179. The van der Waals surface area contributed by atoms with Gasteiger partial charge in [-0.3, -0.25) is 9.59 Å². The normalized spacial score (nSPS) is 16.4. The Morgan fingerprint density at radius 2 is 1.90 bits per heavy atom. The zero-order valence-electron chi connectivity index (χ0n) is 16.1. The van der Waals surface area contributed by atoms with Gasteiger partial charge in [0.25, 0.3) is 0 Å². The molecule has 1 fully saturated rings. The van der Waals surface area contributed by atoms with Crippen LogP contribution in [-0.4, -0.2) is 34.8 Å². The van der Waals surface area contributed by atoms with E-state index in [9.17, 15) is 9.59 Å². The molecule has 2 amide bonds. The molecular formula is C23H23N3O2S. The summed E-state index contributed by atoms with van der Waals surface area (Å²) < 4.78 is 0. The van der Waals surface area contributed by atoms with E-state index in [4.69, 9.17) is 0 Å². The van der Waals surface area contributed by atoms with E-state index >= 15 is 0 Å². The van der Waals surface area contributed by atoms with Gasteiger partial charge < -0.3 is 10.2 Å². The van der Waals surface area contributed by atoms with Gasteiger partial charge in [-0.2, -0.15) is 0 Å². The average molecular weight is 406 g/mol. The number of benzene rings is 2.